The molecule has 0 atom stereocenters. The van der Waals surface area contributed by atoms with E-state index in [9.17, 15) is 0 Å². The van der Waals surface area contributed by atoms with Crippen molar-refractivity contribution in [3.05, 3.63) is 99.7 Å². The van der Waals surface area contributed by atoms with E-state index in [1.165, 1.54) is 47.7 Å². The SMILES string of the molecule is C=C/C=C\C1=C(C)c2ccc(-c3ccc4cc(I)ccc4c3)cc2CC1. The van der Waals surface area contributed by atoms with Crippen molar-refractivity contribution in [2.45, 2.75) is 19.8 Å². The van der Waals surface area contributed by atoms with Gasteiger partial charge >= 0.3 is 0 Å². The van der Waals surface area contributed by atoms with Crippen molar-refractivity contribution in [2.24, 2.45) is 0 Å². The third-order valence-electron chi connectivity index (χ3n) is 5.22. The first-order chi connectivity index (χ1) is 12.7. The third-order valence-corrected chi connectivity index (χ3v) is 5.89. The molecule has 0 heterocycles. The Morgan fingerprint density at radius 1 is 0.885 bits per heavy atom. The van der Waals surface area contributed by atoms with Gasteiger partial charge in [-0.3, -0.25) is 0 Å². The fraction of sp³-hybridized carbons (Fsp3) is 0.120. The maximum Gasteiger partial charge on any atom is 0.0136 e. The van der Waals surface area contributed by atoms with Crippen LogP contribution in [0, 0.1) is 3.57 Å². The van der Waals surface area contributed by atoms with Crippen molar-refractivity contribution in [3.8, 4) is 11.1 Å². The molecule has 0 unspecified atom stereocenters. The van der Waals surface area contributed by atoms with Crippen LogP contribution in [0.4, 0.5) is 0 Å². The van der Waals surface area contributed by atoms with Crippen LogP contribution in [0.3, 0.4) is 0 Å². The number of fused-ring (bicyclic) bond motifs is 2. The van der Waals surface area contributed by atoms with E-state index in [0.29, 0.717) is 0 Å². The maximum absolute atomic E-state index is 3.78. The smallest absolute Gasteiger partial charge is 0.0136 e. The zero-order valence-electron chi connectivity index (χ0n) is 14.9. The minimum Gasteiger partial charge on any atom is -0.0991 e. The van der Waals surface area contributed by atoms with E-state index in [-0.39, 0.29) is 0 Å². The molecule has 26 heavy (non-hydrogen) atoms. The van der Waals surface area contributed by atoms with Crippen molar-refractivity contribution >= 4 is 38.9 Å². The van der Waals surface area contributed by atoms with Crippen LogP contribution in [0.5, 0.6) is 0 Å². The van der Waals surface area contributed by atoms with Crippen LogP contribution in [-0.2, 0) is 6.42 Å². The highest BCUT2D eigenvalue weighted by atomic mass is 127. The Hall–Kier alpha value is -2.13. The molecule has 1 aliphatic rings. The summed E-state index contributed by atoms with van der Waals surface area (Å²) in [4.78, 5) is 0. The molecule has 0 fully saturated rings. The molecular formula is C25H21I. The van der Waals surface area contributed by atoms with Crippen LogP contribution in [0.25, 0.3) is 27.5 Å². The van der Waals surface area contributed by atoms with Gasteiger partial charge in [0.05, 0.1) is 0 Å². The first kappa shape index (κ1) is 17.3. The lowest BCUT2D eigenvalue weighted by atomic mass is 9.84. The summed E-state index contributed by atoms with van der Waals surface area (Å²) < 4.78 is 1.28. The lowest BCUT2D eigenvalue weighted by Gasteiger charge is -2.20. The number of halogens is 1. The normalized spacial score (nSPS) is 14.1. The topological polar surface area (TPSA) is 0 Å². The number of hydrogen-bond donors (Lipinski definition) is 0. The van der Waals surface area contributed by atoms with Gasteiger partial charge in [0.15, 0.2) is 0 Å². The Kier molecular flexibility index (Phi) is 4.82. The highest BCUT2D eigenvalue weighted by Crippen LogP contribution is 2.35. The molecule has 4 rings (SSSR count). The minimum atomic E-state index is 1.10. The monoisotopic (exact) mass is 448 g/mol. The molecule has 0 saturated heterocycles. The summed E-state index contributed by atoms with van der Waals surface area (Å²) in [6.07, 6.45) is 8.28. The average Bonchev–Trinajstić information content (AvgIpc) is 2.67. The van der Waals surface area contributed by atoms with Crippen LogP contribution >= 0.6 is 22.6 Å². The molecule has 0 saturated carbocycles. The van der Waals surface area contributed by atoms with Gasteiger partial charge in [-0.25, -0.2) is 0 Å². The first-order valence-electron chi connectivity index (χ1n) is 8.97. The Morgan fingerprint density at radius 2 is 1.62 bits per heavy atom. The predicted molar refractivity (Wildman–Crippen MR) is 122 cm³/mol. The van der Waals surface area contributed by atoms with Crippen LogP contribution in [0.15, 0.2) is 85.0 Å². The van der Waals surface area contributed by atoms with Crippen LogP contribution < -0.4 is 0 Å². The molecule has 0 nitrogen and oxygen atoms in total. The summed E-state index contributed by atoms with van der Waals surface area (Å²) in [5.41, 5.74) is 8.26. The highest BCUT2D eigenvalue weighted by molar-refractivity contribution is 14.1. The summed E-state index contributed by atoms with van der Waals surface area (Å²) in [5.74, 6) is 0. The molecule has 3 aromatic carbocycles. The Labute approximate surface area is 169 Å². The molecule has 0 radical (unpaired) electrons. The van der Waals surface area contributed by atoms with Gasteiger partial charge in [0.1, 0.15) is 0 Å². The van der Waals surface area contributed by atoms with Crippen molar-refractivity contribution in [1.29, 1.82) is 0 Å². The summed E-state index contributed by atoms with van der Waals surface area (Å²) >= 11 is 2.37. The number of rotatable bonds is 3. The number of benzene rings is 3. The number of allylic oxidation sites excluding steroid dienone is 5. The zero-order chi connectivity index (χ0) is 18.1. The molecule has 3 aromatic rings. The molecule has 0 N–H and O–H groups in total. The molecule has 128 valence electrons. The van der Waals surface area contributed by atoms with Gasteiger partial charge in [-0.2, -0.15) is 0 Å². The standard InChI is InChI=1S/C25H21I/c1-3-4-5-18-6-9-23-15-21(11-13-25(23)17(18)2)19-7-8-22-16-24(26)12-10-20(22)14-19/h3-5,7-8,10-16H,1,6,9H2,2H3/b5-4-. The molecule has 1 heteroatoms. The van der Waals surface area contributed by atoms with Crippen molar-refractivity contribution in [1.82, 2.24) is 0 Å². The van der Waals surface area contributed by atoms with Gasteiger partial charge in [-0.05, 0) is 105 Å². The zero-order valence-corrected chi connectivity index (χ0v) is 17.1. The third kappa shape index (κ3) is 3.28. The van der Waals surface area contributed by atoms with E-state index >= 15 is 0 Å². The minimum absolute atomic E-state index is 1.10. The van der Waals surface area contributed by atoms with E-state index in [1.54, 1.807) is 0 Å². The van der Waals surface area contributed by atoms with Gasteiger partial charge < -0.3 is 0 Å². The van der Waals surface area contributed by atoms with Crippen LogP contribution in [0.1, 0.15) is 24.5 Å². The van der Waals surface area contributed by atoms with Crippen LogP contribution in [-0.4, -0.2) is 0 Å². The number of aryl methyl sites for hydroxylation is 1. The number of hydrogen-bond acceptors (Lipinski definition) is 0. The second-order valence-electron chi connectivity index (χ2n) is 6.82. The second kappa shape index (κ2) is 7.24. The van der Waals surface area contributed by atoms with Crippen molar-refractivity contribution in [2.75, 3.05) is 0 Å². The lowest BCUT2D eigenvalue weighted by Crippen LogP contribution is -2.02. The van der Waals surface area contributed by atoms with E-state index < -0.39 is 0 Å². The molecule has 1 aliphatic carbocycles. The lowest BCUT2D eigenvalue weighted by molar-refractivity contribution is 0.939. The van der Waals surface area contributed by atoms with E-state index in [2.05, 4.69) is 96.8 Å². The van der Waals surface area contributed by atoms with Crippen molar-refractivity contribution in [3.63, 3.8) is 0 Å². The predicted octanol–water partition coefficient (Wildman–Crippen LogP) is 7.57. The Bertz CT molecular complexity index is 1070. The van der Waals surface area contributed by atoms with Gasteiger partial charge in [-0.15, -0.1) is 0 Å². The van der Waals surface area contributed by atoms with Gasteiger partial charge in [0.2, 0.25) is 0 Å². The van der Waals surface area contributed by atoms with E-state index in [1.807, 2.05) is 12.2 Å². The summed E-state index contributed by atoms with van der Waals surface area (Å²) in [6.45, 7) is 6.01. The molecular weight excluding hydrogens is 427 g/mol. The Morgan fingerprint density at radius 3 is 2.46 bits per heavy atom. The first-order valence-corrected chi connectivity index (χ1v) is 10.1. The van der Waals surface area contributed by atoms with E-state index in [4.69, 9.17) is 0 Å². The second-order valence-corrected chi connectivity index (χ2v) is 8.07. The van der Waals surface area contributed by atoms with Gasteiger partial charge in [0.25, 0.3) is 0 Å². The summed E-state index contributed by atoms with van der Waals surface area (Å²) in [6, 6.07) is 20.3. The quantitative estimate of drug-likeness (QED) is 0.286. The van der Waals surface area contributed by atoms with Crippen molar-refractivity contribution < 1.29 is 0 Å². The molecule has 0 amide bonds. The summed E-state index contributed by atoms with van der Waals surface area (Å²) in [5, 5.41) is 2.60. The molecule has 0 aromatic heterocycles. The van der Waals surface area contributed by atoms with Crippen LogP contribution in [0.2, 0.25) is 0 Å². The molecule has 0 bridgehead atoms. The Balaban J connectivity index is 1.74. The molecule has 0 aliphatic heterocycles. The highest BCUT2D eigenvalue weighted by Gasteiger charge is 2.15. The molecule has 0 spiro atoms. The summed E-state index contributed by atoms with van der Waals surface area (Å²) in [7, 11) is 0. The maximum atomic E-state index is 3.78. The average molecular weight is 448 g/mol. The fourth-order valence-corrected chi connectivity index (χ4v) is 4.28. The van der Waals surface area contributed by atoms with Gasteiger partial charge in [0, 0.05) is 3.57 Å². The largest absolute Gasteiger partial charge is 0.0991 e. The fourth-order valence-electron chi connectivity index (χ4n) is 3.76. The van der Waals surface area contributed by atoms with E-state index in [0.717, 1.165) is 12.8 Å². The van der Waals surface area contributed by atoms with Gasteiger partial charge in [-0.1, -0.05) is 61.2 Å².